The molecule has 6 nitrogen and oxygen atoms in total. The van der Waals surface area contributed by atoms with Crippen LogP contribution in [0.15, 0.2) is 23.1 Å². The molecule has 1 aliphatic carbocycles. The normalized spacial score (nSPS) is 22.3. The lowest BCUT2D eigenvalue weighted by Crippen LogP contribution is -2.49. The van der Waals surface area contributed by atoms with Crippen LogP contribution in [-0.2, 0) is 14.8 Å². The first-order chi connectivity index (χ1) is 12.4. The summed E-state index contributed by atoms with van der Waals surface area (Å²) in [6, 6.07) is 4.58. The molecule has 1 heterocycles. The number of hydrogen-bond donors (Lipinski definition) is 1. The molecule has 144 valence electrons. The maximum Gasteiger partial charge on any atom is 0.244 e. The number of hydrogen-bond acceptors (Lipinski definition) is 4. The Labute approximate surface area is 156 Å². The van der Waals surface area contributed by atoms with Gasteiger partial charge in [0.05, 0.1) is 12.0 Å². The highest BCUT2D eigenvalue weighted by atomic mass is 32.2. The predicted octanol–water partition coefficient (Wildman–Crippen LogP) is 2.61. The van der Waals surface area contributed by atoms with Gasteiger partial charge in [0.15, 0.2) is 0 Å². The number of methoxy groups -OCH3 is 1. The number of carbonyl (C=O) groups is 1. The van der Waals surface area contributed by atoms with Crippen LogP contribution in [0.25, 0.3) is 0 Å². The van der Waals surface area contributed by atoms with Gasteiger partial charge in [-0.1, -0.05) is 25.3 Å². The lowest BCUT2D eigenvalue weighted by Gasteiger charge is -2.28. The van der Waals surface area contributed by atoms with Gasteiger partial charge >= 0.3 is 0 Å². The Morgan fingerprint density at radius 2 is 1.88 bits per heavy atom. The van der Waals surface area contributed by atoms with Crippen LogP contribution in [0.5, 0.6) is 5.75 Å². The Kier molecular flexibility index (Phi) is 5.87. The summed E-state index contributed by atoms with van der Waals surface area (Å²) in [6.45, 7) is 2.14. The van der Waals surface area contributed by atoms with Gasteiger partial charge in [-0.15, -0.1) is 0 Å². The van der Waals surface area contributed by atoms with Crippen molar-refractivity contribution in [2.24, 2.45) is 0 Å². The van der Waals surface area contributed by atoms with Crippen LogP contribution in [0.4, 0.5) is 0 Å². The molecule has 1 aromatic rings. The van der Waals surface area contributed by atoms with Crippen molar-refractivity contribution in [3.05, 3.63) is 23.8 Å². The lowest BCUT2D eigenvalue weighted by atomic mass is 9.95. The number of aryl methyl sites for hydroxylation is 1. The molecule has 1 N–H and O–H groups in total. The summed E-state index contributed by atoms with van der Waals surface area (Å²) < 4.78 is 33.0. The quantitative estimate of drug-likeness (QED) is 0.852. The van der Waals surface area contributed by atoms with E-state index >= 15 is 0 Å². The molecule has 7 heteroatoms. The van der Waals surface area contributed by atoms with E-state index in [1.54, 1.807) is 25.1 Å². The second kappa shape index (κ2) is 7.96. The monoisotopic (exact) mass is 380 g/mol. The maximum atomic E-state index is 13.2. The summed E-state index contributed by atoms with van der Waals surface area (Å²) in [5.41, 5.74) is 0.657. The van der Waals surface area contributed by atoms with Gasteiger partial charge in [0.2, 0.25) is 15.9 Å². The van der Waals surface area contributed by atoms with Crippen molar-refractivity contribution in [2.75, 3.05) is 13.7 Å². The van der Waals surface area contributed by atoms with Crippen LogP contribution < -0.4 is 10.1 Å². The summed E-state index contributed by atoms with van der Waals surface area (Å²) >= 11 is 0. The fourth-order valence-electron chi connectivity index (χ4n) is 3.95. The first-order valence-electron chi connectivity index (χ1n) is 9.40. The van der Waals surface area contributed by atoms with Crippen molar-refractivity contribution in [3.63, 3.8) is 0 Å². The van der Waals surface area contributed by atoms with Crippen molar-refractivity contribution in [1.29, 1.82) is 0 Å². The van der Waals surface area contributed by atoms with Gasteiger partial charge in [-0.25, -0.2) is 8.42 Å². The van der Waals surface area contributed by atoms with E-state index in [0.29, 0.717) is 30.7 Å². The Balaban J connectivity index is 1.81. The van der Waals surface area contributed by atoms with Gasteiger partial charge in [-0.05, 0) is 44.2 Å². The molecular formula is C19H28N2O4S. The molecule has 26 heavy (non-hydrogen) atoms. The largest absolute Gasteiger partial charge is 0.497 e. The second-order valence-corrected chi connectivity index (χ2v) is 9.11. The molecule has 1 saturated carbocycles. The average Bonchev–Trinajstić information content (AvgIpc) is 3.14. The van der Waals surface area contributed by atoms with E-state index in [1.165, 1.54) is 17.8 Å². The zero-order chi connectivity index (χ0) is 18.7. The summed E-state index contributed by atoms with van der Waals surface area (Å²) in [5, 5.41) is 3.08. The van der Waals surface area contributed by atoms with E-state index < -0.39 is 16.1 Å². The molecule has 0 radical (unpaired) electrons. The van der Waals surface area contributed by atoms with E-state index in [-0.39, 0.29) is 16.8 Å². The van der Waals surface area contributed by atoms with Crippen molar-refractivity contribution < 1.29 is 17.9 Å². The molecule has 0 bridgehead atoms. The maximum absolute atomic E-state index is 13.2. The Morgan fingerprint density at radius 3 is 2.58 bits per heavy atom. The number of ether oxygens (including phenoxy) is 1. The highest BCUT2D eigenvalue weighted by Crippen LogP contribution is 2.30. The second-order valence-electron chi connectivity index (χ2n) is 7.25. The van der Waals surface area contributed by atoms with E-state index in [4.69, 9.17) is 4.74 Å². The molecule has 1 amide bonds. The Hall–Kier alpha value is -1.60. The molecule has 1 aromatic carbocycles. The first kappa shape index (κ1) is 19.2. The predicted molar refractivity (Wildman–Crippen MR) is 99.7 cm³/mol. The standard InChI is InChI=1S/C19H28N2O4S/c1-14-10-11-16(25-2)13-18(14)26(23,24)21-12-6-9-17(21)19(22)20-15-7-4-3-5-8-15/h10-11,13,15,17H,3-9,12H2,1-2H3,(H,20,22)/t17-/m0/s1. The highest BCUT2D eigenvalue weighted by Gasteiger charge is 2.40. The van der Waals surface area contributed by atoms with E-state index in [0.717, 1.165) is 25.7 Å². The van der Waals surface area contributed by atoms with E-state index in [2.05, 4.69) is 5.32 Å². The zero-order valence-corrected chi connectivity index (χ0v) is 16.3. The molecule has 0 unspecified atom stereocenters. The Morgan fingerprint density at radius 1 is 1.15 bits per heavy atom. The molecule has 2 fully saturated rings. The van der Waals surface area contributed by atoms with E-state index in [9.17, 15) is 13.2 Å². The summed E-state index contributed by atoms with van der Waals surface area (Å²) in [4.78, 5) is 13.0. The summed E-state index contributed by atoms with van der Waals surface area (Å²) in [7, 11) is -2.23. The molecule has 0 aromatic heterocycles. The number of amides is 1. The van der Waals surface area contributed by atoms with Gasteiger partial charge in [0.1, 0.15) is 11.8 Å². The minimum absolute atomic E-state index is 0.154. The van der Waals surface area contributed by atoms with Crippen molar-refractivity contribution in [3.8, 4) is 5.75 Å². The third-order valence-corrected chi connectivity index (χ3v) is 7.49. The van der Waals surface area contributed by atoms with Gasteiger partial charge in [-0.3, -0.25) is 4.79 Å². The van der Waals surface area contributed by atoms with Crippen LogP contribution in [0, 0.1) is 6.92 Å². The lowest BCUT2D eigenvalue weighted by molar-refractivity contribution is -0.125. The molecule has 0 spiro atoms. The number of nitrogens with one attached hydrogen (secondary N) is 1. The molecule has 1 atom stereocenters. The van der Waals surface area contributed by atoms with Gasteiger partial charge in [0, 0.05) is 18.7 Å². The number of sulfonamides is 1. The smallest absolute Gasteiger partial charge is 0.244 e. The number of carbonyl (C=O) groups excluding carboxylic acids is 1. The van der Waals surface area contributed by atoms with E-state index in [1.807, 2.05) is 0 Å². The topological polar surface area (TPSA) is 75.7 Å². The first-order valence-corrected chi connectivity index (χ1v) is 10.8. The number of rotatable bonds is 5. The zero-order valence-electron chi connectivity index (χ0n) is 15.5. The molecule has 3 rings (SSSR count). The van der Waals surface area contributed by atoms with Crippen molar-refractivity contribution in [2.45, 2.75) is 68.8 Å². The van der Waals surface area contributed by atoms with Crippen LogP contribution in [0.1, 0.15) is 50.5 Å². The number of benzene rings is 1. The molecule has 1 aliphatic heterocycles. The molecule has 1 saturated heterocycles. The van der Waals surface area contributed by atoms with Crippen molar-refractivity contribution in [1.82, 2.24) is 9.62 Å². The third kappa shape index (κ3) is 3.88. The van der Waals surface area contributed by atoms with Gasteiger partial charge in [-0.2, -0.15) is 4.31 Å². The Bertz CT molecular complexity index is 757. The fourth-order valence-corrected chi connectivity index (χ4v) is 5.84. The minimum atomic E-state index is -3.74. The molecular weight excluding hydrogens is 352 g/mol. The van der Waals surface area contributed by atoms with Crippen LogP contribution in [0.3, 0.4) is 0 Å². The van der Waals surface area contributed by atoms with Gasteiger partial charge in [0.25, 0.3) is 0 Å². The average molecular weight is 381 g/mol. The summed E-state index contributed by atoms with van der Waals surface area (Å²) in [6.07, 6.45) is 6.71. The van der Waals surface area contributed by atoms with Crippen LogP contribution >= 0.6 is 0 Å². The minimum Gasteiger partial charge on any atom is -0.497 e. The number of nitrogens with zero attached hydrogens (tertiary/aromatic N) is 1. The van der Waals surface area contributed by atoms with Gasteiger partial charge < -0.3 is 10.1 Å². The van der Waals surface area contributed by atoms with Crippen LogP contribution in [0.2, 0.25) is 0 Å². The van der Waals surface area contributed by atoms with Crippen molar-refractivity contribution >= 4 is 15.9 Å². The highest BCUT2D eigenvalue weighted by molar-refractivity contribution is 7.89. The SMILES string of the molecule is COc1ccc(C)c(S(=O)(=O)N2CCC[C@H]2C(=O)NC2CCCCC2)c1. The summed E-state index contributed by atoms with van der Waals surface area (Å²) in [5.74, 6) is 0.343. The fraction of sp³-hybridized carbons (Fsp3) is 0.632. The van der Waals surface area contributed by atoms with Crippen LogP contribution in [-0.4, -0.2) is 44.4 Å². The molecule has 2 aliphatic rings. The third-order valence-electron chi connectivity index (χ3n) is 5.44.